The zero-order valence-electron chi connectivity index (χ0n) is 15.1. The Kier molecular flexibility index (Phi) is 5.00. The van der Waals surface area contributed by atoms with Gasteiger partial charge in [-0.25, -0.2) is 9.78 Å². The first kappa shape index (κ1) is 18.4. The number of hydrogen-bond acceptors (Lipinski definition) is 4. The van der Waals surface area contributed by atoms with Crippen LogP contribution in [0.15, 0.2) is 39.7 Å². The van der Waals surface area contributed by atoms with Crippen molar-refractivity contribution in [2.24, 2.45) is 0 Å². The fraction of sp³-hybridized carbons (Fsp3) is 0.316. The summed E-state index contributed by atoms with van der Waals surface area (Å²) < 4.78 is 9.71. The molecule has 0 atom stereocenters. The molecule has 0 aliphatic rings. The standard InChI is InChI=1S/C19H20BrN3O3/c1-11(2)23-12(3)7-16(13(23)4)19(25)26-10-15-8-18(24)22-9-14(20)5-6-17(22)21-15/h5-9,11H,10H2,1-4H3. The summed E-state index contributed by atoms with van der Waals surface area (Å²) in [6.45, 7) is 7.96. The van der Waals surface area contributed by atoms with Gasteiger partial charge in [0, 0.05) is 34.2 Å². The molecule has 7 heteroatoms. The van der Waals surface area contributed by atoms with Gasteiger partial charge in [0.25, 0.3) is 5.56 Å². The van der Waals surface area contributed by atoms with E-state index in [0.29, 0.717) is 16.9 Å². The second kappa shape index (κ2) is 7.07. The number of pyridine rings is 1. The minimum absolute atomic E-state index is 0.0496. The smallest absolute Gasteiger partial charge is 0.340 e. The highest BCUT2D eigenvalue weighted by Crippen LogP contribution is 2.21. The van der Waals surface area contributed by atoms with Gasteiger partial charge in [-0.15, -0.1) is 0 Å². The van der Waals surface area contributed by atoms with Gasteiger partial charge in [0.05, 0.1) is 11.3 Å². The molecule has 3 aromatic rings. The second-order valence-corrected chi connectivity index (χ2v) is 7.40. The molecule has 0 bridgehead atoms. The van der Waals surface area contributed by atoms with E-state index in [-0.39, 0.29) is 18.2 Å². The number of carbonyl (C=O) groups excluding carboxylic acids is 1. The number of aryl methyl sites for hydroxylation is 1. The van der Waals surface area contributed by atoms with Crippen LogP contribution in [-0.2, 0) is 11.3 Å². The third-order valence-corrected chi connectivity index (χ3v) is 4.72. The summed E-state index contributed by atoms with van der Waals surface area (Å²) in [6.07, 6.45) is 1.65. The predicted molar refractivity (Wildman–Crippen MR) is 103 cm³/mol. The molecule has 6 nitrogen and oxygen atoms in total. The van der Waals surface area contributed by atoms with Crippen LogP contribution >= 0.6 is 15.9 Å². The van der Waals surface area contributed by atoms with Gasteiger partial charge >= 0.3 is 5.97 Å². The molecule has 0 saturated heterocycles. The molecule has 0 amide bonds. The van der Waals surface area contributed by atoms with E-state index in [1.807, 2.05) is 19.9 Å². The third-order valence-electron chi connectivity index (χ3n) is 4.25. The normalized spacial score (nSPS) is 11.3. The summed E-state index contributed by atoms with van der Waals surface area (Å²) in [4.78, 5) is 29.0. The van der Waals surface area contributed by atoms with Crippen LogP contribution in [0.1, 0.15) is 47.3 Å². The summed E-state index contributed by atoms with van der Waals surface area (Å²) in [5.74, 6) is -0.414. The molecule has 26 heavy (non-hydrogen) atoms. The Balaban J connectivity index is 1.82. The van der Waals surface area contributed by atoms with Crippen molar-refractivity contribution in [1.29, 1.82) is 0 Å². The van der Waals surface area contributed by atoms with E-state index in [1.54, 1.807) is 18.3 Å². The molecular formula is C19H20BrN3O3. The molecule has 0 unspecified atom stereocenters. The number of hydrogen-bond donors (Lipinski definition) is 0. The largest absolute Gasteiger partial charge is 0.456 e. The number of nitrogens with zero attached hydrogens (tertiary/aromatic N) is 3. The number of halogens is 1. The maximum Gasteiger partial charge on any atom is 0.340 e. The van der Waals surface area contributed by atoms with Crippen molar-refractivity contribution in [2.45, 2.75) is 40.3 Å². The van der Waals surface area contributed by atoms with Gasteiger partial charge in [-0.2, -0.15) is 0 Å². The third kappa shape index (κ3) is 3.44. The molecule has 0 aromatic carbocycles. The van der Waals surface area contributed by atoms with Gasteiger partial charge in [-0.05, 0) is 61.8 Å². The fourth-order valence-corrected chi connectivity index (χ4v) is 3.53. The Morgan fingerprint density at radius 2 is 2.00 bits per heavy atom. The molecule has 136 valence electrons. The van der Waals surface area contributed by atoms with Crippen LogP contribution in [0.5, 0.6) is 0 Å². The van der Waals surface area contributed by atoms with Crippen molar-refractivity contribution in [3.8, 4) is 0 Å². The lowest BCUT2D eigenvalue weighted by atomic mass is 10.2. The Bertz CT molecular complexity index is 1050. The van der Waals surface area contributed by atoms with Gasteiger partial charge in [-0.1, -0.05) is 0 Å². The summed E-state index contributed by atoms with van der Waals surface area (Å²) >= 11 is 3.33. The van der Waals surface area contributed by atoms with Gasteiger partial charge in [-0.3, -0.25) is 9.20 Å². The van der Waals surface area contributed by atoms with Crippen LogP contribution in [-0.4, -0.2) is 19.9 Å². The number of ether oxygens (including phenoxy) is 1. The highest BCUT2D eigenvalue weighted by molar-refractivity contribution is 9.10. The second-order valence-electron chi connectivity index (χ2n) is 6.49. The predicted octanol–water partition coefficient (Wildman–Crippen LogP) is 3.81. The van der Waals surface area contributed by atoms with Crippen molar-refractivity contribution < 1.29 is 9.53 Å². The number of rotatable bonds is 4. The lowest BCUT2D eigenvalue weighted by Gasteiger charge is -2.13. The van der Waals surface area contributed by atoms with Crippen molar-refractivity contribution in [1.82, 2.24) is 14.0 Å². The zero-order chi connectivity index (χ0) is 19.0. The van der Waals surface area contributed by atoms with E-state index in [2.05, 4.69) is 39.3 Å². The first-order valence-corrected chi connectivity index (χ1v) is 9.10. The van der Waals surface area contributed by atoms with Crippen LogP contribution in [0.4, 0.5) is 0 Å². The van der Waals surface area contributed by atoms with Crippen LogP contribution < -0.4 is 5.56 Å². The molecule has 3 rings (SSSR count). The van der Waals surface area contributed by atoms with E-state index >= 15 is 0 Å². The Labute approximate surface area is 159 Å². The first-order valence-electron chi connectivity index (χ1n) is 8.31. The van der Waals surface area contributed by atoms with Crippen molar-refractivity contribution in [3.05, 3.63) is 67.9 Å². The Morgan fingerprint density at radius 3 is 2.65 bits per heavy atom. The monoisotopic (exact) mass is 417 g/mol. The maximum absolute atomic E-state index is 12.5. The van der Waals surface area contributed by atoms with Crippen LogP contribution in [0.25, 0.3) is 5.65 Å². The molecule has 3 aromatic heterocycles. The van der Waals surface area contributed by atoms with E-state index in [9.17, 15) is 9.59 Å². The molecule has 0 aliphatic heterocycles. The topological polar surface area (TPSA) is 65.6 Å². The lowest BCUT2D eigenvalue weighted by molar-refractivity contribution is 0.0466. The Morgan fingerprint density at radius 1 is 1.27 bits per heavy atom. The van der Waals surface area contributed by atoms with Gasteiger partial charge in [0.1, 0.15) is 12.3 Å². The minimum Gasteiger partial charge on any atom is -0.456 e. The number of aromatic nitrogens is 3. The molecule has 0 aliphatic carbocycles. The minimum atomic E-state index is -0.414. The summed E-state index contributed by atoms with van der Waals surface area (Å²) in [7, 11) is 0. The average Bonchev–Trinajstić information content (AvgIpc) is 2.88. The van der Waals surface area contributed by atoms with Crippen molar-refractivity contribution in [3.63, 3.8) is 0 Å². The van der Waals surface area contributed by atoms with E-state index in [1.165, 1.54) is 10.5 Å². The maximum atomic E-state index is 12.5. The van der Waals surface area contributed by atoms with E-state index < -0.39 is 5.97 Å². The van der Waals surface area contributed by atoms with Gasteiger partial charge in [0.2, 0.25) is 0 Å². The van der Waals surface area contributed by atoms with E-state index in [4.69, 9.17) is 4.74 Å². The van der Waals surface area contributed by atoms with Crippen molar-refractivity contribution in [2.75, 3.05) is 0 Å². The molecule has 0 fully saturated rings. The Hall–Kier alpha value is -2.41. The number of fused-ring (bicyclic) bond motifs is 1. The summed E-state index contributed by atoms with van der Waals surface area (Å²) in [5.41, 5.74) is 3.13. The van der Waals surface area contributed by atoms with Crippen LogP contribution in [0, 0.1) is 13.8 Å². The highest BCUT2D eigenvalue weighted by atomic mass is 79.9. The van der Waals surface area contributed by atoms with Crippen LogP contribution in [0.2, 0.25) is 0 Å². The first-order chi connectivity index (χ1) is 12.3. The molecule has 3 heterocycles. The molecule has 0 N–H and O–H groups in total. The molecule has 0 spiro atoms. The zero-order valence-corrected chi connectivity index (χ0v) is 16.7. The van der Waals surface area contributed by atoms with Crippen molar-refractivity contribution >= 4 is 27.5 Å². The molecular weight excluding hydrogens is 398 g/mol. The highest BCUT2D eigenvalue weighted by Gasteiger charge is 2.18. The van der Waals surface area contributed by atoms with Gasteiger partial charge in [0.15, 0.2) is 0 Å². The quantitative estimate of drug-likeness (QED) is 0.605. The van der Waals surface area contributed by atoms with Gasteiger partial charge < -0.3 is 9.30 Å². The SMILES string of the molecule is Cc1cc(C(=O)OCc2cc(=O)n3cc(Br)ccc3n2)c(C)n1C(C)C. The number of esters is 1. The average molecular weight is 418 g/mol. The van der Waals surface area contributed by atoms with Crippen LogP contribution in [0.3, 0.4) is 0 Å². The fourth-order valence-electron chi connectivity index (χ4n) is 3.20. The molecule has 0 radical (unpaired) electrons. The lowest BCUT2D eigenvalue weighted by Crippen LogP contribution is -2.16. The van der Waals surface area contributed by atoms with E-state index in [0.717, 1.165) is 15.9 Å². The summed E-state index contributed by atoms with van der Waals surface area (Å²) in [6, 6.07) is 7.01. The number of carbonyl (C=O) groups is 1. The summed E-state index contributed by atoms with van der Waals surface area (Å²) in [5, 5.41) is 0. The molecule has 0 saturated carbocycles.